The van der Waals surface area contributed by atoms with Gasteiger partial charge in [-0.15, -0.1) is 11.8 Å². The highest BCUT2D eigenvalue weighted by Crippen LogP contribution is 2.41. The lowest BCUT2D eigenvalue weighted by Gasteiger charge is -2.25. The van der Waals surface area contributed by atoms with Crippen LogP contribution in [-0.4, -0.2) is 51.7 Å². The number of carbonyl (C=O) groups excluding carboxylic acids is 1. The average molecular weight is 404 g/mol. The molecule has 1 unspecified atom stereocenters. The van der Waals surface area contributed by atoms with Gasteiger partial charge in [0.05, 0.1) is 28.4 Å². The molecule has 0 radical (unpaired) electrons. The first-order chi connectivity index (χ1) is 13.6. The van der Waals surface area contributed by atoms with Crippen LogP contribution in [0.2, 0.25) is 0 Å². The number of hydrogen-bond acceptors (Lipinski definition) is 6. The summed E-state index contributed by atoms with van der Waals surface area (Å²) in [5, 5.41) is 2.81. The summed E-state index contributed by atoms with van der Waals surface area (Å²) in [6, 6.07) is 10.8. The van der Waals surface area contributed by atoms with E-state index in [1.807, 2.05) is 18.2 Å². The SMILES string of the molecule is COc1cc(NC(=O)N2CCSC2c2cc(OC)cc(OC)c2)cc(OC)c1. The van der Waals surface area contributed by atoms with Crippen molar-refractivity contribution in [1.29, 1.82) is 0 Å². The molecule has 1 aliphatic rings. The normalized spacial score (nSPS) is 15.9. The van der Waals surface area contributed by atoms with Gasteiger partial charge in [0, 0.05) is 42.3 Å². The number of carbonyl (C=O) groups is 1. The smallest absolute Gasteiger partial charge is 0.323 e. The van der Waals surface area contributed by atoms with Gasteiger partial charge in [0.15, 0.2) is 0 Å². The van der Waals surface area contributed by atoms with E-state index in [9.17, 15) is 4.79 Å². The number of thioether (sulfide) groups is 1. The van der Waals surface area contributed by atoms with E-state index in [0.29, 0.717) is 35.2 Å². The van der Waals surface area contributed by atoms with Crippen LogP contribution in [0.3, 0.4) is 0 Å². The van der Waals surface area contributed by atoms with E-state index in [1.165, 1.54) is 0 Å². The molecule has 2 aromatic carbocycles. The highest BCUT2D eigenvalue weighted by atomic mass is 32.2. The highest BCUT2D eigenvalue weighted by molar-refractivity contribution is 7.99. The number of rotatable bonds is 6. The van der Waals surface area contributed by atoms with Gasteiger partial charge in [-0.25, -0.2) is 4.79 Å². The van der Waals surface area contributed by atoms with E-state index in [-0.39, 0.29) is 11.4 Å². The minimum Gasteiger partial charge on any atom is -0.497 e. The van der Waals surface area contributed by atoms with E-state index >= 15 is 0 Å². The summed E-state index contributed by atoms with van der Waals surface area (Å²) in [7, 11) is 6.37. The van der Waals surface area contributed by atoms with Crippen molar-refractivity contribution in [3.63, 3.8) is 0 Å². The Morgan fingerprint density at radius 1 is 0.893 bits per heavy atom. The summed E-state index contributed by atoms with van der Waals surface area (Å²) in [5.74, 6) is 3.46. The van der Waals surface area contributed by atoms with Crippen LogP contribution in [0.15, 0.2) is 36.4 Å². The number of methoxy groups -OCH3 is 4. The average Bonchev–Trinajstić information content (AvgIpc) is 3.23. The van der Waals surface area contributed by atoms with Crippen molar-refractivity contribution in [3.05, 3.63) is 42.0 Å². The summed E-state index contributed by atoms with van der Waals surface area (Å²) < 4.78 is 21.3. The quantitative estimate of drug-likeness (QED) is 0.785. The van der Waals surface area contributed by atoms with Gasteiger partial charge in [-0.05, 0) is 17.7 Å². The number of nitrogens with zero attached hydrogens (tertiary/aromatic N) is 1. The fourth-order valence-electron chi connectivity index (χ4n) is 3.00. The van der Waals surface area contributed by atoms with Crippen molar-refractivity contribution in [2.45, 2.75) is 5.37 Å². The van der Waals surface area contributed by atoms with E-state index in [2.05, 4.69) is 5.32 Å². The second-order valence-corrected chi connectivity index (χ2v) is 7.28. The Kier molecular flexibility index (Phi) is 6.41. The van der Waals surface area contributed by atoms with Crippen LogP contribution in [0.1, 0.15) is 10.9 Å². The molecule has 2 aromatic rings. The second kappa shape index (κ2) is 8.97. The van der Waals surface area contributed by atoms with Crippen molar-refractivity contribution in [3.8, 4) is 23.0 Å². The Morgan fingerprint density at radius 3 is 1.89 bits per heavy atom. The summed E-state index contributed by atoms with van der Waals surface area (Å²) >= 11 is 1.70. The Balaban J connectivity index is 1.82. The van der Waals surface area contributed by atoms with Gasteiger partial charge in [0.2, 0.25) is 0 Å². The third-order valence-corrected chi connectivity index (χ3v) is 5.67. The largest absolute Gasteiger partial charge is 0.497 e. The Bertz CT molecular complexity index is 801. The molecule has 0 aliphatic carbocycles. The first-order valence-electron chi connectivity index (χ1n) is 8.73. The van der Waals surface area contributed by atoms with Gasteiger partial charge in [0.1, 0.15) is 28.4 Å². The Hall–Kier alpha value is -2.74. The number of amides is 2. The molecular formula is C20H24N2O5S. The number of hydrogen-bond donors (Lipinski definition) is 1. The van der Waals surface area contributed by atoms with Crippen molar-refractivity contribution < 1.29 is 23.7 Å². The lowest BCUT2D eigenvalue weighted by Crippen LogP contribution is -2.34. The second-order valence-electron chi connectivity index (χ2n) is 6.09. The van der Waals surface area contributed by atoms with Crippen molar-refractivity contribution in [1.82, 2.24) is 4.90 Å². The molecule has 7 nitrogen and oxygen atoms in total. The first-order valence-corrected chi connectivity index (χ1v) is 9.78. The highest BCUT2D eigenvalue weighted by Gasteiger charge is 2.31. The van der Waals surface area contributed by atoms with Crippen LogP contribution < -0.4 is 24.3 Å². The molecule has 8 heteroatoms. The number of ether oxygens (including phenoxy) is 4. The molecule has 3 rings (SSSR count). The molecule has 0 saturated carbocycles. The van der Waals surface area contributed by atoms with E-state index in [1.54, 1.807) is 63.3 Å². The van der Waals surface area contributed by atoms with Crippen LogP contribution in [0.4, 0.5) is 10.5 Å². The Morgan fingerprint density at radius 2 is 1.39 bits per heavy atom. The standard InChI is InChI=1S/C20H24N2O5S/c1-24-15-7-13(8-16(11-15)25-2)19-22(5-6-28-19)20(23)21-14-9-17(26-3)12-18(10-14)27-4/h7-12,19H,5-6H2,1-4H3,(H,21,23). The molecule has 0 bridgehead atoms. The summed E-state index contributed by atoms with van der Waals surface area (Å²) in [5.41, 5.74) is 1.57. The molecule has 28 heavy (non-hydrogen) atoms. The molecule has 0 spiro atoms. The first kappa shape index (κ1) is 20.0. The minimum atomic E-state index is -0.188. The van der Waals surface area contributed by atoms with Crippen molar-refractivity contribution in [2.75, 3.05) is 46.1 Å². The fourth-order valence-corrected chi connectivity index (χ4v) is 4.24. The maximum atomic E-state index is 13.0. The van der Waals surface area contributed by atoms with Crippen LogP contribution in [0.25, 0.3) is 0 Å². The summed E-state index contributed by atoms with van der Waals surface area (Å²) in [6.07, 6.45) is 0. The van der Waals surface area contributed by atoms with Gasteiger partial charge in [-0.2, -0.15) is 0 Å². The number of anilines is 1. The predicted molar refractivity (Wildman–Crippen MR) is 110 cm³/mol. The third kappa shape index (κ3) is 4.39. The molecule has 1 fully saturated rings. The monoisotopic (exact) mass is 404 g/mol. The molecule has 2 amide bonds. The molecular weight excluding hydrogens is 380 g/mol. The molecule has 1 heterocycles. The van der Waals surface area contributed by atoms with Crippen molar-refractivity contribution in [2.24, 2.45) is 0 Å². The fraction of sp³-hybridized carbons (Fsp3) is 0.350. The van der Waals surface area contributed by atoms with Crippen LogP contribution in [-0.2, 0) is 0 Å². The number of urea groups is 1. The molecule has 150 valence electrons. The topological polar surface area (TPSA) is 69.3 Å². The van der Waals surface area contributed by atoms with Crippen LogP contribution in [0, 0.1) is 0 Å². The Labute approximate surface area is 168 Å². The number of nitrogens with one attached hydrogen (secondary N) is 1. The van der Waals surface area contributed by atoms with E-state index in [0.717, 1.165) is 11.3 Å². The van der Waals surface area contributed by atoms with E-state index < -0.39 is 0 Å². The molecule has 1 saturated heterocycles. The van der Waals surface area contributed by atoms with Crippen LogP contribution in [0.5, 0.6) is 23.0 Å². The molecule has 1 aliphatic heterocycles. The van der Waals surface area contributed by atoms with Gasteiger partial charge in [0.25, 0.3) is 0 Å². The third-order valence-electron chi connectivity index (χ3n) is 4.41. The van der Waals surface area contributed by atoms with Crippen LogP contribution >= 0.6 is 11.8 Å². The van der Waals surface area contributed by atoms with Gasteiger partial charge in [-0.3, -0.25) is 0 Å². The van der Waals surface area contributed by atoms with E-state index in [4.69, 9.17) is 18.9 Å². The van der Waals surface area contributed by atoms with Gasteiger partial charge >= 0.3 is 6.03 Å². The maximum Gasteiger partial charge on any atom is 0.323 e. The zero-order valence-electron chi connectivity index (χ0n) is 16.4. The molecule has 1 atom stereocenters. The maximum absolute atomic E-state index is 13.0. The van der Waals surface area contributed by atoms with Gasteiger partial charge < -0.3 is 29.2 Å². The summed E-state index contributed by atoms with van der Waals surface area (Å²) in [4.78, 5) is 14.8. The summed E-state index contributed by atoms with van der Waals surface area (Å²) in [6.45, 7) is 0.641. The molecule has 1 N–H and O–H groups in total. The number of benzene rings is 2. The molecule has 0 aromatic heterocycles. The van der Waals surface area contributed by atoms with Gasteiger partial charge in [-0.1, -0.05) is 0 Å². The zero-order chi connectivity index (χ0) is 20.1. The lowest BCUT2D eigenvalue weighted by molar-refractivity contribution is 0.214. The van der Waals surface area contributed by atoms with Crippen molar-refractivity contribution >= 4 is 23.5 Å². The zero-order valence-corrected chi connectivity index (χ0v) is 17.2. The lowest BCUT2D eigenvalue weighted by atomic mass is 10.2. The minimum absolute atomic E-state index is 0.128. The predicted octanol–water partition coefficient (Wildman–Crippen LogP) is 4.00.